The topological polar surface area (TPSA) is 61.5 Å². The van der Waals surface area contributed by atoms with E-state index in [4.69, 9.17) is 5.73 Å². The van der Waals surface area contributed by atoms with E-state index in [1.165, 1.54) is 0 Å². The summed E-state index contributed by atoms with van der Waals surface area (Å²) in [7, 11) is 0. The second-order valence-corrected chi connectivity index (χ2v) is 1.22. The van der Waals surface area contributed by atoms with E-state index in [0.717, 1.165) is 0 Å². The molecule has 0 bridgehead atoms. The molecule has 0 aliphatic carbocycles. The highest BCUT2D eigenvalue weighted by Crippen LogP contribution is 1.98. The molecule has 1 atom stereocenters. The molecule has 0 radical (unpaired) electrons. The second-order valence-electron chi connectivity index (χ2n) is 1.22. The van der Waals surface area contributed by atoms with Crippen LogP contribution in [0.3, 0.4) is 0 Å². The fourth-order valence-electron chi connectivity index (χ4n) is 0.342. The Hall–Kier alpha value is -0.770. The first-order valence-electron chi connectivity index (χ1n) is 1.88. The molecule has 1 fully saturated rings. The molecule has 0 aromatic rings. The largest absolute Gasteiger partial charge is 0.510 e. The molecular formula is C3H5NO3. The van der Waals surface area contributed by atoms with Crippen molar-refractivity contribution < 1.29 is 14.3 Å². The highest BCUT2D eigenvalue weighted by molar-refractivity contribution is 5.61. The molecule has 0 spiro atoms. The fourth-order valence-corrected chi connectivity index (χ4v) is 0.342. The maximum Gasteiger partial charge on any atom is 0.510 e. The van der Waals surface area contributed by atoms with Gasteiger partial charge >= 0.3 is 6.16 Å². The quantitative estimate of drug-likeness (QED) is 0.417. The summed E-state index contributed by atoms with van der Waals surface area (Å²) in [6.45, 7) is 0.179. The molecule has 0 amide bonds. The molecule has 1 saturated heterocycles. The molecule has 0 saturated carbocycles. The summed E-state index contributed by atoms with van der Waals surface area (Å²) in [5, 5.41) is 0. The van der Waals surface area contributed by atoms with E-state index in [2.05, 4.69) is 9.47 Å². The third-order valence-electron chi connectivity index (χ3n) is 0.613. The van der Waals surface area contributed by atoms with Crippen molar-refractivity contribution in [3.63, 3.8) is 0 Å². The van der Waals surface area contributed by atoms with Gasteiger partial charge in [0.25, 0.3) is 0 Å². The smallest absolute Gasteiger partial charge is 0.429 e. The number of rotatable bonds is 0. The molecular weight excluding hydrogens is 98.0 g/mol. The molecule has 1 rings (SSSR count). The van der Waals surface area contributed by atoms with Gasteiger partial charge in [0, 0.05) is 0 Å². The highest BCUT2D eigenvalue weighted by atomic mass is 16.8. The lowest BCUT2D eigenvalue weighted by Gasteiger charge is -1.90. The maximum atomic E-state index is 9.93. The van der Waals surface area contributed by atoms with Crippen LogP contribution >= 0.6 is 0 Å². The number of hydrogen-bond donors (Lipinski definition) is 1. The Labute approximate surface area is 40.2 Å². The van der Waals surface area contributed by atoms with Crippen LogP contribution in [0.4, 0.5) is 4.79 Å². The molecule has 0 aromatic heterocycles. The van der Waals surface area contributed by atoms with Crippen LogP contribution in [0.1, 0.15) is 0 Å². The van der Waals surface area contributed by atoms with Crippen molar-refractivity contribution in [2.75, 3.05) is 6.61 Å². The molecule has 1 heterocycles. The van der Waals surface area contributed by atoms with Crippen molar-refractivity contribution in [1.82, 2.24) is 0 Å². The van der Waals surface area contributed by atoms with Crippen molar-refractivity contribution in [2.45, 2.75) is 6.23 Å². The SMILES string of the molecule is NC1COC(=O)O1. The van der Waals surface area contributed by atoms with Gasteiger partial charge in [-0.05, 0) is 0 Å². The highest BCUT2D eigenvalue weighted by Gasteiger charge is 2.19. The molecule has 1 aliphatic rings. The average molecular weight is 103 g/mol. The Morgan fingerprint density at radius 1 is 1.86 bits per heavy atom. The summed E-state index contributed by atoms with van der Waals surface area (Å²) in [5.41, 5.74) is 5.06. The molecule has 1 aliphatic heterocycles. The Morgan fingerprint density at radius 3 is 2.71 bits per heavy atom. The number of nitrogens with two attached hydrogens (primary N) is 1. The summed E-state index contributed by atoms with van der Waals surface area (Å²) in [4.78, 5) is 9.93. The molecule has 4 heteroatoms. The zero-order chi connectivity index (χ0) is 5.28. The standard InChI is InChI=1S/C3H5NO3/c4-2-1-6-3(5)7-2/h2H,1,4H2. The van der Waals surface area contributed by atoms with Gasteiger partial charge in [-0.25, -0.2) is 4.79 Å². The van der Waals surface area contributed by atoms with Crippen molar-refractivity contribution in [3.8, 4) is 0 Å². The van der Waals surface area contributed by atoms with E-state index < -0.39 is 12.4 Å². The van der Waals surface area contributed by atoms with Crippen LogP contribution in [0.15, 0.2) is 0 Å². The Kier molecular flexibility index (Phi) is 0.867. The normalized spacial score (nSPS) is 29.3. The Balaban J connectivity index is 2.40. The third-order valence-corrected chi connectivity index (χ3v) is 0.613. The van der Waals surface area contributed by atoms with Crippen LogP contribution in [0, 0.1) is 0 Å². The van der Waals surface area contributed by atoms with E-state index >= 15 is 0 Å². The molecule has 2 N–H and O–H groups in total. The van der Waals surface area contributed by atoms with Gasteiger partial charge in [0.05, 0.1) is 0 Å². The predicted molar refractivity (Wildman–Crippen MR) is 20.4 cm³/mol. The zero-order valence-electron chi connectivity index (χ0n) is 3.59. The van der Waals surface area contributed by atoms with Crippen molar-refractivity contribution >= 4 is 6.16 Å². The van der Waals surface area contributed by atoms with Gasteiger partial charge in [0.1, 0.15) is 6.61 Å². The first-order chi connectivity index (χ1) is 3.29. The van der Waals surface area contributed by atoms with Crippen LogP contribution in [0.25, 0.3) is 0 Å². The van der Waals surface area contributed by atoms with Gasteiger partial charge in [-0.1, -0.05) is 0 Å². The number of cyclic esters (lactones) is 2. The van der Waals surface area contributed by atoms with Crippen LogP contribution < -0.4 is 5.73 Å². The molecule has 40 valence electrons. The molecule has 7 heavy (non-hydrogen) atoms. The van der Waals surface area contributed by atoms with E-state index in [9.17, 15) is 4.79 Å². The second kappa shape index (κ2) is 1.38. The first kappa shape index (κ1) is 4.39. The predicted octanol–water partition coefficient (Wildman–Crippen LogP) is -0.562. The van der Waals surface area contributed by atoms with Crippen LogP contribution in [0.5, 0.6) is 0 Å². The lowest BCUT2D eigenvalue weighted by molar-refractivity contribution is 0.119. The van der Waals surface area contributed by atoms with E-state index in [0.29, 0.717) is 0 Å². The molecule has 1 unspecified atom stereocenters. The summed E-state index contributed by atoms with van der Waals surface area (Å²) in [6, 6.07) is 0. The van der Waals surface area contributed by atoms with Gasteiger partial charge in [0.2, 0.25) is 0 Å². The van der Waals surface area contributed by atoms with Crippen molar-refractivity contribution in [3.05, 3.63) is 0 Å². The summed E-state index contributed by atoms with van der Waals surface area (Å²) in [6.07, 6.45) is -1.22. The van der Waals surface area contributed by atoms with Gasteiger partial charge in [0.15, 0.2) is 6.23 Å². The first-order valence-corrected chi connectivity index (χ1v) is 1.88. The van der Waals surface area contributed by atoms with Gasteiger partial charge in [-0.15, -0.1) is 0 Å². The monoisotopic (exact) mass is 103 g/mol. The number of hydrogen-bond acceptors (Lipinski definition) is 4. The number of carbonyl (C=O) groups excluding carboxylic acids is 1. The lowest BCUT2D eigenvalue weighted by atomic mass is 10.7. The minimum atomic E-state index is -0.674. The van der Waals surface area contributed by atoms with E-state index in [1.54, 1.807) is 0 Å². The summed E-state index contributed by atoms with van der Waals surface area (Å²) >= 11 is 0. The minimum absolute atomic E-state index is 0.179. The molecule has 0 aromatic carbocycles. The minimum Gasteiger partial charge on any atom is -0.429 e. The number of carbonyl (C=O) groups is 1. The van der Waals surface area contributed by atoms with Crippen LogP contribution in [-0.2, 0) is 9.47 Å². The molecule has 4 nitrogen and oxygen atoms in total. The number of ether oxygens (including phenoxy) is 2. The fraction of sp³-hybridized carbons (Fsp3) is 0.667. The van der Waals surface area contributed by atoms with E-state index in [1.807, 2.05) is 0 Å². The van der Waals surface area contributed by atoms with Gasteiger partial charge in [-0.3, -0.25) is 5.73 Å². The van der Waals surface area contributed by atoms with Crippen molar-refractivity contribution in [2.24, 2.45) is 5.73 Å². The lowest BCUT2D eigenvalue weighted by Crippen LogP contribution is -2.21. The Bertz CT molecular complexity index is 92.2. The van der Waals surface area contributed by atoms with Crippen molar-refractivity contribution in [1.29, 1.82) is 0 Å². The van der Waals surface area contributed by atoms with Crippen LogP contribution in [0.2, 0.25) is 0 Å². The van der Waals surface area contributed by atoms with Gasteiger partial charge in [-0.2, -0.15) is 0 Å². The third kappa shape index (κ3) is 0.806. The Morgan fingerprint density at radius 2 is 2.57 bits per heavy atom. The van der Waals surface area contributed by atoms with Gasteiger partial charge < -0.3 is 9.47 Å². The summed E-state index contributed by atoms with van der Waals surface area (Å²) in [5.74, 6) is 0. The van der Waals surface area contributed by atoms with E-state index in [-0.39, 0.29) is 6.61 Å². The maximum absolute atomic E-state index is 9.93. The summed E-state index contributed by atoms with van der Waals surface area (Å²) < 4.78 is 8.56. The zero-order valence-corrected chi connectivity index (χ0v) is 3.59. The van der Waals surface area contributed by atoms with Crippen LogP contribution in [-0.4, -0.2) is 19.0 Å². The average Bonchev–Trinajstić information content (AvgIpc) is 1.87.